The normalized spacial score (nSPS) is 8.58. The predicted octanol–water partition coefficient (Wildman–Crippen LogP) is 2.67. The van der Waals surface area contributed by atoms with E-state index in [9.17, 15) is 0 Å². The molecule has 0 bridgehead atoms. The molecule has 1 aromatic rings. The van der Waals surface area contributed by atoms with Crippen LogP contribution in [-0.2, 0) is 6.42 Å². The third kappa shape index (κ3) is 1.44. The summed E-state index contributed by atoms with van der Waals surface area (Å²) in [6.07, 6.45) is 0.799. The number of hydrogen-bond acceptors (Lipinski definition) is 1. The first-order chi connectivity index (χ1) is 5.81. The molecule has 0 N–H and O–H groups in total. The second-order valence-corrected chi connectivity index (χ2v) is 2.42. The quantitative estimate of drug-likeness (QED) is 0.574. The van der Waals surface area contributed by atoms with Gasteiger partial charge in [-0.3, -0.25) is 0 Å². The Morgan fingerprint density at radius 3 is 2.83 bits per heavy atom. The van der Waals surface area contributed by atoms with Crippen LogP contribution in [0.3, 0.4) is 0 Å². The Bertz CT molecular complexity index is 366. The zero-order valence-corrected chi connectivity index (χ0v) is 6.83. The molecule has 0 aromatic heterocycles. The van der Waals surface area contributed by atoms with E-state index in [1.807, 2.05) is 6.92 Å². The zero-order valence-electron chi connectivity index (χ0n) is 6.83. The number of aryl methyl sites for hydroxylation is 1. The van der Waals surface area contributed by atoms with Gasteiger partial charge in [-0.2, -0.15) is 5.26 Å². The Hall–Kier alpha value is -1.80. The van der Waals surface area contributed by atoms with E-state index in [0.29, 0.717) is 11.3 Å². The predicted molar refractivity (Wildman–Crippen MR) is 46.8 cm³/mol. The van der Waals surface area contributed by atoms with Crippen molar-refractivity contribution in [1.29, 1.82) is 5.26 Å². The molecule has 0 radical (unpaired) electrons. The van der Waals surface area contributed by atoms with Gasteiger partial charge in [-0.1, -0.05) is 25.1 Å². The van der Waals surface area contributed by atoms with Crippen molar-refractivity contribution in [2.24, 2.45) is 0 Å². The molecular formula is C10H8N2. The van der Waals surface area contributed by atoms with Crippen LogP contribution in [0.1, 0.15) is 18.1 Å². The van der Waals surface area contributed by atoms with Crippen LogP contribution >= 0.6 is 0 Å². The van der Waals surface area contributed by atoms with E-state index in [2.05, 4.69) is 10.9 Å². The summed E-state index contributed by atoms with van der Waals surface area (Å²) >= 11 is 0. The van der Waals surface area contributed by atoms with Crippen LogP contribution in [0.15, 0.2) is 18.2 Å². The third-order valence-corrected chi connectivity index (χ3v) is 1.71. The molecule has 0 unspecified atom stereocenters. The first kappa shape index (κ1) is 8.30. The minimum atomic E-state index is 0.624. The maximum absolute atomic E-state index is 8.59. The molecule has 58 valence electrons. The van der Waals surface area contributed by atoms with E-state index in [0.717, 1.165) is 12.0 Å². The average Bonchev–Trinajstić information content (AvgIpc) is 2.16. The molecular weight excluding hydrogens is 148 g/mol. The van der Waals surface area contributed by atoms with Crippen LogP contribution in [-0.4, -0.2) is 0 Å². The smallest absolute Gasteiger partial charge is 0.190 e. The average molecular weight is 156 g/mol. The van der Waals surface area contributed by atoms with E-state index >= 15 is 0 Å². The van der Waals surface area contributed by atoms with Gasteiger partial charge in [-0.25, -0.2) is 4.85 Å². The van der Waals surface area contributed by atoms with E-state index in [1.165, 1.54) is 0 Å². The minimum Gasteiger partial charge on any atom is -0.238 e. The van der Waals surface area contributed by atoms with Crippen molar-refractivity contribution in [3.63, 3.8) is 0 Å². The summed E-state index contributed by atoms with van der Waals surface area (Å²) < 4.78 is 0. The van der Waals surface area contributed by atoms with Crippen molar-refractivity contribution in [2.45, 2.75) is 13.3 Å². The molecule has 12 heavy (non-hydrogen) atoms. The lowest BCUT2D eigenvalue weighted by atomic mass is 10.1. The van der Waals surface area contributed by atoms with Gasteiger partial charge < -0.3 is 0 Å². The van der Waals surface area contributed by atoms with Crippen molar-refractivity contribution >= 4 is 5.69 Å². The highest BCUT2D eigenvalue weighted by Crippen LogP contribution is 2.20. The number of benzene rings is 1. The van der Waals surface area contributed by atoms with Gasteiger partial charge in [0.15, 0.2) is 5.69 Å². The highest BCUT2D eigenvalue weighted by Gasteiger charge is 2.00. The fraction of sp³-hybridized carbons (Fsp3) is 0.200. The van der Waals surface area contributed by atoms with Crippen LogP contribution < -0.4 is 0 Å². The van der Waals surface area contributed by atoms with Crippen molar-refractivity contribution in [1.82, 2.24) is 0 Å². The van der Waals surface area contributed by atoms with Crippen molar-refractivity contribution < 1.29 is 0 Å². The third-order valence-electron chi connectivity index (χ3n) is 1.71. The van der Waals surface area contributed by atoms with Gasteiger partial charge in [0.1, 0.15) is 0 Å². The number of nitriles is 1. The number of rotatable bonds is 1. The van der Waals surface area contributed by atoms with Crippen LogP contribution in [0.25, 0.3) is 4.85 Å². The standard InChI is InChI=1S/C10H8N2/c1-3-9-6-8(7-11)4-5-10(9)12-2/h4-6H,3H2,1H3. The van der Waals surface area contributed by atoms with Crippen LogP contribution in [0.4, 0.5) is 5.69 Å². The van der Waals surface area contributed by atoms with E-state index in [4.69, 9.17) is 11.8 Å². The summed E-state index contributed by atoms with van der Waals surface area (Å²) in [5.41, 5.74) is 2.22. The van der Waals surface area contributed by atoms with E-state index in [-0.39, 0.29) is 0 Å². The fourth-order valence-electron chi connectivity index (χ4n) is 1.05. The number of hydrogen-bond donors (Lipinski definition) is 0. The lowest BCUT2D eigenvalue weighted by molar-refractivity contribution is 1.14. The lowest BCUT2D eigenvalue weighted by Gasteiger charge is -1.99. The Balaban J connectivity index is 3.24. The fourth-order valence-corrected chi connectivity index (χ4v) is 1.05. The molecule has 1 rings (SSSR count). The highest BCUT2D eigenvalue weighted by molar-refractivity contribution is 5.55. The Kier molecular flexibility index (Phi) is 2.46. The Morgan fingerprint density at radius 2 is 2.33 bits per heavy atom. The van der Waals surface area contributed by atoms with Crippen LogP contribution in [0.5, 0.6) is 0 Å². The first-order valence-corrected chi connectivity index (χ1v) is 3.72. The molecule has 0 aliphatic carbocycles. The molecule has 0 fully saturated rings. The molecule has 0 heterocycles. The van der Waals surface area contributed by atoms with Crippen LogP contribution in [0.2, 0.25) is 0 Å². The van der Waals surface area contributed by atoms with Crippen LogP contribution in [0, 0.1) is 17.9 Å². The molecule has 2 nitrogen and oxygen atoms in total. The van der Waals surface area contributed by atoms with Crippen molar-refractivity contribution in [2.75, 3.05) is 0 Å². The summed E-state index contributed by atoms with van der Waals surface area (Å²) in [4.78, 5) is 3.36. The van der Waals surface area contributed by atoms with Crippen molar-refractivity contribution in [3.05, 3.63) is 40.7 Å². The molecule has 0 atom stereocenters. The molecule has 0 saturated carbocycles. The number of nitrogens with zero attached hydrogens (tertiary/aromatic N) is 2. The highest BCUT2D eigenvalue weighted by atomic mass is 14.6. The van der Waals surface area contributed by atoms with Gasteiger partial charge in [0, 0.05) is 5.56 Å². The molecule has 0 aliphatic heterocycles. The van der Waals surface area contributed by atoms with E-state index < -0.39 is 0 Å². The molecule has 0 spiro atoms. The zero-order chi connectivity index (χ0) is 8.97. The monoisotopic (exact) mass is 156 g/mol. The van der Waals surface area contributed by atoms with Gasteiger partial charge in [0.05, 0.1) is 12.6 Å². The lowest BCUT2D eigenvalue weighted by Crippen LogP contribution is -1.82. The SMILES string of the molecule is [C-]#[N+]c1ccc(C#N)cc1CC. The van der Waals surface area contributed by atoms with E-state index in [1.54, 1.807) is 18.2 Å². The molecule has 0 saturated heterocycles. The molecule has 2 heteroatoms. The first-order valence-electron chi connectivity index (χ1n) is 3.72. The molecule has 0 amide bonds. The van der Waals surface area contributed by atoms with Gasteiger partial charge in [0.2, 0.25) is 0 Å². The van der Waals surface area contributed by atoms with Gasteiger partial charge in [0.25, 0.3) is 0 Å². The maximum Gasteiger partial charge on any atom is 0.190 e. The van der Waals surface area contributed by atoms with Gasteiger partial charge in [-0.15, -0.1) is 0 Å². The summed E-state index contributed by atoms with van der Waals surface area (Å²) in [5.74, 6) is 0. The maximum atomic E-state index is 8.59. The van der Waals surface area contributed by atoms with Gasteiger partial charge in [-0.05, 0) is 12.0 Å². The minimum absolute atomic E-state index is 0.624. The molecule has 1 aromatic carbocycles. The van der Waals surface area contributed by atoms with Crippen molar-refractivity contribution in [3.8, 4) is 6.07 Å². The summed E-state index contributed by atoms with van der Waals surface area (Å²) in [5, 5.41) is 8.59. The van der Waals surface area contributed by atoms with Gasteiger partial charge >= 0.3 is 0 Å². The largest absolute Gasteiger partial charge is 0.238 e. The second-order valence-electron chi connectivity index (χ2n) is 2.42. The molecule has 0 aliphatic rings. The topological polar surface area (TPSA) is 28.1 Å². The Morgan fingerprint density at radius 1 is 1.58 bits per heavy atom. The summed E-state index contributed by atoms with van der Waals surface area (Å²) in [6, 6.07) is 7.19. The second kappa shape index (κ2) is 3.55. The summed E-state index contributed by atoms with van der Waals surface area (Å²) in [6.45, 7) is 8.83. The Labute approximate surface area is 71.9 Å². The summed E-state index contributed by atoms with van der Waals surface area (Å²) in [7, 11) is 0.